The highest BCUT2D eigenvalue weighted by Gasteiger charge is 2.36. The molecule has 1 unspecified atom stereocenters. The summed E-state index contributed by atoms with van der Waals surface area (Å²) in [5, 5.41) is 3.17. The molecule has 152 valence electrons. The summed E-state index contributed by atoms with van der Waals surface area (Å²) in [7, 11) is -3.32. The molecule has 0 spiro atoms. The fraction of sp³-hybridized carbons (Fsp3) is 0.286. The number of amides is 1. The fourth-order valence-electron chi connectivity index (χ4n) is 3.72. The molecule has 1 saturated heterocycles. The Morgan fingerprint density at radius 1 is 0.931 bits per heavy atom. The third kappa shape index (κ3) is 3.90. The van der Waals surface area contributed by atoms with Crippen LogP contribution >= 0.6 is 0 Å². The maximum absolute atomic E-state index is 13.5. The van der Waals surface area contributed by atoms with Crippen molar-refractivity contribution in [2.24, 2.45) is 0 Å². The van der Waals surface area contributed by atoms with Crippen LogP contribution in [-0.4, -0.2) is 44.6 Å². The van der Waals surface area contributed by atoms with Gasteiger partial charge in [0.05, 0.1) is 16.3 Å². The number of anilines is 2. The van der Waals surface area contributed by atoms with Gasteiger partial charge in [-0.15, -0.1) is 0 Å². The smallest absolute Gasteiger partial charge is 0.267 e. The Hall–Kier alpha value is -2.71. The lowest BCUT2D eigenvalue weighted by Crippen LogP contribution is -2.56. The molecule has 2 aromatic carbocycles. The summed E-state index contributed by atoms with van der Waals surface area (Å²) >= 11 is 0. The number of hydrogen-bond donors (Lipinski definition) is 0. The molecular weight excluding hydrogens is 393 g/mol. The second kappa shape index (κ2) is 7.61. The Kier molecular flexibility index (Phi) is 5.14. The summed E-state index contributed by atoms with van der Waals surface area (Å²) in [6, 6.07) is 11.7. The molecule has 2 aliphatic rings. The molecule has 6 nitrogen and oxygen atoms in total. The fourth-order valence-corrected chi connectivity index (χ4v) is 4.35. The van der Waals surface area contributed by atoms with Crippen molar-refractivity contribution in [3.05, 3.63) is 66.6 Å². The Morgan fingerprint density at radius 2 is 1.52 bits per heavy atom. The second-order valence-electron chi connectivity index (χ2n) is 7.27. The van der Waals surface area contributed by atoms with Crippen molar-refractivity contribution in [1.82, 2.24) is 4.90 Å². The first kappa shape index (κ1) is 19.6. The summed E-state index contributed by atoms with van der Waals surface area (Å²) in [5.74, 6) is -0.512. The van der Waals surface area contributed by atoms with Crippen LogP contribution in [0.5, 0.6) is 0 Å². The maximum atomic E-state index is 13.5. The largest absolute Gasteiger partial charge is 0.289 e. The van der Waals surface area contributed by atoms with E-state index < -0.39 is 9.84 Å². The molecule has 4 rings (SSSR count). The van der Waals surface area contributed by atoms with E-state index in [0.29, 0.717) is 11.4 Å². The van der Waals surface area contributed by atoms with E-state index in [2.05, 4.69) is 4.90 Å². The molecule has 0 N–H and O–H groups in total. The van der Waals surface area contributed by atoms with E-state index in [9.17, 15) is 17.6 Å². The van der Waals surface area contributed by atoms with Crippen molar-refractivity contribution in [1.29, 1.82) is 0 Å². The molecule has 0 aliphatic carbocycles. The third-order valence-corrected chi connectivity index (χ3v) is 6.35. The molecule has 2 aromatic rings. The van der Waals surface area contributed by atoms with Crippen LogP contribution in [0.15, 0.2) is 65.7 Å². The minimum atomic E-state index is -3.32. The van der Waals surface area contributed by atoms with E-state index in [1.54, 1.807) is 29.3 Å². The summed E-state index contributed by atoms with van der Waals surface area (Å²) in [6.07, 6.45) is 6.94. The van der Waals surface area contributed by atoms with Gasteiger partial charge in [0.15, 0.2) is 9.84 Å². The van der Waals surface area contributed by atoms with Crippen LogP contribution in [0.4, 0.5) is 15.8 Å². The van der Waals surface area contributed by atoms with Crippen LogP contribution < -0.4 is 10.0 Å². The van der Waals surface area contributed by atoms with Crippen LogP contribution in [-0.2, 0) is 14.6 Å². The van der Waals surface area contributed by atoms with E-state index >= 15 is 0 Å². The minimum absolute atomic E-state index is 0.131. The lowest BCUT2D eigenvalue weighted by molar-refractivity contribution is -0.122. The molecule has 1 amide bonds. The highest BCUT2D eigenvalue weighted by Crippen LogP contribution is 2.30. The molecule has 0 aromatic heterocycles. The number of halogens is 1. The van der Waals surface area contributed by atoms with Gasteiger partial charge in [-0.1, -0.05) is 0 Å². The van der Waals surface area contributed by atoms with E-state index in [4.69, 9.17) is 0 Å². The highest BCUT2D eigenvalue weighted by molar-refractivity contribution is 7.90. The number of sulfone groups is 1. The Morgan fingerprint density at radius 3 is 2.10 bits per heavy atom. The van der Waals surface area contributed by atoms with Gasteiger partial charge in [0.25, 0.3) is 5.91 Å². The van der Waals surface area contributed by atoms with E-state index in [1.807, 2.05) is 12.3 Å². The topological polar surface area (TPSA) is 60.9 Å². The van der Waals surface area contributed by atoms with Crippen molar-refractivity contribution < 1.29 is 17.6 Å². The number of hydrogen-bond acceptors (Lipinski definition) is 5. The van der Waals surface area contributed by atoms with Crippen LogP contribution in [0, 0.1) is 5.82 Å². The average Bonchev–Trinajstić information content (AvgIpc) is 3.22. The molecule has 0 bridgehead atoms. The molecule has 2 aliphatic heterocycles. The maximum Gasteiger partial charge on any atom is 0.267 e. The lowest BCUT2D eigenvalue weighted by atomic mass is 10.1. The molecule has 8 heteroatoms. The van der Waals surface area contributed by atoms with Crippen molar-refractivity contribution in [3.63, 3.8) is 0 Å². The minimum Gasteiger partial charge on any atom is -0.289 e. The van der Waals surface area contributed by atoms with Gasteiger partial charge in [-0.05, 0) is 80.5 Å². The molecule has 1 fully saturated rings. The number of benzene rings is 2. The van der Waals surface area contributed by atoms with E-state index in [0.717, 1.165) is 32.2 Å². The van der Waals surface area contributed by atoms with Crippen molar-refractivity contribution in [2.75, 3.05) is 29.4 Å². The summed E-state index contributed by atoms with van der Waals surface area (Å²) in [5.41, 5.74) is 1.17. The molecular formula is C21H22FN3O3S. The first-order valence-corrected chi connectivity index (χ1v) is 11.3. The predicted octanol–water partition coefficient (Wildman–Crippen LogP) is 2.98. The Labute approximate surface area is 169 Å². The number of nitrogens with zero attached hydrogens (tertiary/aromatic N) is 3. The van der Waals surface area contributed by atoms with E-state index in [1.165, 1.54) is 29.3 Å². The molecule has 0 saturated carbocycles. The summed E-state index contributed by atoms with van der Waals surface area (Å²) in [4.78, 5) is 15.8. The lowest BCUT2D eigenvalue weighted by Gasteiger charge is -2.41. The number of rotatable bonds is 4. The standard InChI is InChI=1S/C21H22FN3O3S/c1-29(27,28)19-10-8-17(9-11-19)24-15-12-20(23-13-2-3-14-23)21(26)25(24)18-6-4-16(22)5-7-18/h4-12,15,20H,2-3,13-14H2,1H3. The van der Waals surface area contributed by atoms with Crippen LogP contribution in [0.25, 0.3) is 0 Å². The number of carbonyl (C=O) groups is 1. The van der Waals surface area contributed by atoms with Crippen LogP contribution in [0.1, 0.15) is 12.8 Å². The first-order valence-electron chi connectivity index (χ1n) is 9.46. The Balaban J connectivity index is 1.74. The SMILES string of the molecule is CS(=O)(=O)c1ccc(N2C=CC(N3CCCC3)C(=O)N2c2ccc(F)cc2)cc1. The van der Waals surface area contributed by atoms with Gasteiger partial charge in [0, 0.05) is 12.5 Å². The number of likely N-dealkylation sites (tertiary alicyclic amines) is 1. The zero-order chi connectivity index (χ0) is 20.6. The summed E-state index contributed by atoms with van der Waals surface area (Å²) in [6.45, 7) is 1.72. The van der Waals surface area contributed by atoms with Gasteiger partial charge < -0.3 is 0 Å². The van der Waals surface area contributed by atoms with E-state index in [-0.39, 0.29) is 22.7 Å². The van der Waals surface area contributed by atoms with Gasteiger partial charge in [0.1, 0.15) is 11.9 Å². The summed E-state index contributed by atoms with van der Waals surface area (Å²) < 4.78 is 36.9. The quantitative estimate of drug-likeness (QED) is 0.768. The van der Waals surface area contributed by atoms with Gasteiger partial charge in [-0.25, -0.2) is 17.8 Å². The van der Waals surface area contributed by atoms with Crippen LogP contribution in [0.2, 0.25) is 0 Å². The van der Waals surface area contributed by atoms with Crippen molar-refractivity contribution >= 4 is 27.1 Å². The Bertz CT molecular complexity index is 1030. The van der Waals surface area contributed by atoms with Gasteiger partial charge in [0.2, 0.25) is 0 Å². The van der Waals surface area contributed by atoms with Crippen molar-refractivity contribution in [2.45, 2.75) is 23.8 Å². The first-order chi connectivity index (χ1) is 13.8. The molecule has 1 atom stereocenters. The molecule has 0 radical (unpaired) electrons. The van der Waals surface area contributed by atoms with Gasteiger partial charge in [-0.3, -0.25) is 14.7 Å². The van der Waals surface area contributed by atoms with Crippen LogP contribution in [0.3, 0.4) is 0 Å². The number of hydrazine groups is 1. The monoisotopic (exact) mass is 415 g/mol. The zero-order valence-electron chi connectivity index (χ0n) is 16.0. The second-order valence-corrected chi connectivity index (χ2v) is 9.28. The van der Waals surface area contributed by atoms with Gasteiger partial charge in [-0.2, -0.15) is 0 Å². The third-order valence-electron chi connectivity index (χ3n) is 5.22. The zero-order valence-corrected chi connectivity index (χ0v) is 16.8. The molecule has 29 heavy (non-hydrogen) atoms. The number of carbonyl (C=O) groups excluding carboxylic acids is 1. The molecule has 2 heterocycles. The predicted molar refractivity (Wildman–Crippen MR) is 110 cm³/mol. The van der Waals surface area contributed by atoms with Crippen molar-refractivity contribution in [3.8, 4) is 0 Å². The van der Waals surface area contributed by atoms with Gasteiger partial charge >= 0.3 is 0 Å². The highest BCUT2D eigenvalue weighted by atomic mass is 32.2. The average molecular weight is 415 g/mol. The normalized spacial score (nSPS) is 20.5.